The molecule has 1 N–H and O–H groups in total. The van der Waals surface area contributed by atoms with Crippen LogP contribution in [0.3, 0.4) is 0 Å². The maximum atomic E-state index is 13.6. The molecule has 9 nitrogen and oxygen atoms in total. The van der Waals surface area contributed by atoms with Crippen LogP contribution in [-0.2, 0) is 16.1 Å². The minimum absolute atomic E-state index is 0.0551. The van der Waals surface area contributed by atoms with Crippen LogP contribution in [0.15, 0.2) is 55.0 Å². The SMILES string of the molecule is COc1cc(Nc2nc3c(c(N4CC(C)OC(C)C4)n2)COC3c2ccc(F)cc2)ccc1-n1cnc(Cl)c1. The van der Waals surface area contributed by atoms with E-state index in [0.717, 1.165) is 34.0 Å². The molecule has 3 atom stereocenters. The van der Waals surface area contributed by atoms with Gasteiger partial charge >= 0.3 is 0 Å². The predicted molar refractivity (Wildman–Crippen MR) is 146 cm³/mol. The van der Waals surface area contributed by atoms with E-state index in [4.69, 9.17) is 35.8 Å². The normalized spacial score (nSPS) is 20.6. The van der Waals surface area contributed by atoms with Gasteiger partial charge in [-0.25, -0.2) is 14.4 Å². The number of ether oxygens (including phenoxy) is 3. The number of rotatable bonds is 6. The molecule has 2 aliphatic rings. The van der Waals surface area contributed by atoms with Crippen molar-refractivity contribution in [1.29, 1.82) is 0 Å². The fraction of sp³-hybridized carbons (Fsp3) is 0.321. The standard InChI is InChI=1S/C28H28ClFN6O3/c1-16-11-35(12-17(2)39-16)27-21-14-38-26(18-4-6-19(30)7-5-18)25(21)33-28(34-27)32-20-8-9-22(23(10-20)37-3)36-13-24(29)31-15-36/h4-10,13,15-17,26H,11-12,14H2,1-3H3,(H,32,33,34). The summed E-state index contributed by atoms with van der Waals surface area (Å²) in [6.07, 6.45) is 3.02. The van der Waals surface area contributed by atoms with Gasteiger partial charge < -0.3 is 29.0 Å². The number of morpholine rings is 1. The maximum absolute atomic E-state index is 13.6. The van der Waals surface area contributed by atoms with Gasteiger partial charge in [-0.15, -0.1) is 0 Å². The van der Waals surface area contributed by atoms with E-state index in [9.17, 15) is 4.39 Å². The van der Waals surface area contributed by atoms with E-state index in [-0.39, 0.29) is 18.0 Å². The average molecular weight is 551 g/mol. The Hall–Kier alpha value is -3.73. The Morgan fingerprint density at radius 2 is 1.85 bits per heavy atom. The number of anilines is 3. The minimum Gasteiger partial charge on any atom is -0.494 e. The van der Waals surface area contributed by atoms with Crippen molar-refractivity contribution >= 4 is 29.1 Å². The van der Waals surface area contributed by atoms with E-state index < -0.39 is 6.10 Å². The highest BCUT2D eigenvalue weighted by molar-refractivity contribution is 6.29. The second-order valence-corrected chi connectivity index (χ2v) is 10.1. The monoisotopic (exact) mass is 550 g/mol. The molecule has 4 heterocycles. The quantitative estimate of drug-likeness (QED) is 0.340. The fourth-order valence-electron chi connectivity index (χ4n) is 5.18. The van der Waals surface area contributed by atoms with Crippen molar-refractivity contribution in [3.05, 3.63) is 82.8 Å². The Balaban J connectivity index is 1.39. The molecule has 0 aliphatic carbocycles. The molecule has 11 heteroatoms. The molecule has 0 amide bonds. The first-order valence-electron chi connectivity index (χ1n) is 12.7. The summed E-state index contributed by atoms with van der Waals surface area (Å²) in [5.41, 5.74) is 4.06. The van der Waals surface area contributed by atoms with E-state index in [0.29, 0.717) is 36.5 Å². The Bertz CT molecular complexity index is 1490. The summed E-state index contributed by atoms with van der Waals surface area (Å²) in [7, 11) is 1.61. The van der Waals surface area contributed by atoms with E-state index in [1.807, 2.05) is 18.2 Å². The molecule has 0 radical (unpaired) electrons. The molecule has 0 spiro atoms. The van der Waals surface area contributed by atoms with Gasteiger partial charge in [0.05, 0.1) is 37.3 Å². The van der Waals surface area contributed by atoms with Crippen molar-refractivity contribution in [2.45, 2.75) is 38.8 Å². The minimum atomic E-state index is -0.429. The van der Waals surface area contributed by atoms with Crippen LogP contribution in [0, 0.1) is 5.82 Å². The lowest BCUT2D eigenvalue weighted by molar-refractivity contribution is -0.00557. The van der Waals surface area contributed by atoms with E-state index in [2.05, 4.69) is 29.0 Å². The zero-order chi connectivity index (χ0) is 27.1. The highest BCUT2D eigenvalue weighted by Gasteiger charge is 2.34. The number of methoxy groups -OCH3 is 1. The lowest BCUT2D eigenvalue weighted by Crippen LogP contribution is -2.46. The van der Waals surface area contributed by atoms with Crippen molar-refractivity contribution in [1.82, 2.24) is 19.5 Å². The van der Waals surface area contributed by atoms with Crippen LogP contribution in [0.4, 0.5) is 21.8 Å². The molecule has 2 aliphatic heterocycles. The van der Waals surface area contributed by atoms with Crippen LogP contribution in [0.1, 0.15) is 36.8 Å². The van der Waals surface area contributed by atoms with E-state index >= 15 is 0 Å². The summed E-state index contributed by atoms with van der Waals surface area (Å²) in [4.78, 5) is 16.2. The molecule has 2 aromatic heterocycles. The molecule has 0 saturated carbocycles. The van der Waals surface area contributed by atoms with Gasteiger partial charge in [-0.1, -0.05) is 23.7 Å². The van der Waals surface area contributed by atoms with Crippen molar-refractivity contribution in [2.24, 2.45) is 0 Å². The number of nitrogens with zero attached hydrogens (tertiary/aromatic N) is 5. The van der Waals surface area contributed by atoms with Gasteiger partial charge in [-0.3, -0.25) is 0 Å². The highest BCUT2D eigenvalue weighted by atomic mass is 35.5. The molecule has 3 unspecified atom stereocenters. The molecule has 202 valence electrons. The summed E-state index contributed by atoms with van der Waals surface area (Å²) in [6.45, 7) is 5.88. The topological polar surface area (TPSA) is 86.6 Å². The highest BCUT2D eigenvalue weighted by Crippen LogP contribution is 2.40. The number of fused-ring (bicyclic) bond motifs is 1. The first-order valence-corrected chi connectivity index (χ1v) is 13.1. The van der Waals surface area contributed by atoms with Gasteiger partial charge in [0, 0.05) is 36.6 Å². The molecule has 0 bridgehead atoms. The fourth-order valence-corrected chi connectivity index (χ4v) is 5.33. The van der Waals surface area contributed by atoms with Crippen molar-refractivity contribution in [2.75, 3.05) is 30.4 Å². The zero-order valence-corrected chi connectivity index (χ0v) is 22.5. The van der Waals surface area contributed by atoms with Crippen molar-refractivity contribution in [3.8, 4) is 11.4 Å². The zero-order valence-electron chi connectivity index (χ0n) is 21.8. The van der Waals surface area contributed by atoms with Gasteiger partial charge in [0.15, 0.2) is 0 Å². The Kier molecular flexibility index (Phi) is 6.84. The molecule has 1 fully saturated rings. The molecule has 6 rings (SSSR count). The number of benzene rings is 2. The molecule has 2 aromatic carbocycles. The Morgan fingerprint density at radius 1 is 1.08 bits per heavy atom. The molecule has 39 heavy (non-hydrogen) atoms. The van der Waals surface area contributed by atoms with Crippen LogP contribution in [0.25, 0.3) is 5.69 Å². The molecule has 1 saturated heterocycles. The predicted octanol–water partition coefficient (Wildman–Crippen LogP) is 5.44. The smallest absolute Gasteiger partial charge is 0.229 e. The number of imidazole rings is 1. The maximum Gasteiger partial charge on any atom is 0.229 e. The second-order valence-electron chi connectivity index (χ2n) is 9.75. The van der Waals surface area contributed by atoms with Gasteiger partial charge in [-0.2, -0.15) is 4.98 Å². The lowest BCUT2D eigenvalue weighted by atomic mass is 10.0. The van der Waals surface area contributed by atoms with Crippen molar-refractivity contribution < 1.29 is 18.6 Å². The van der Waals surface area contributed by atoms with Crippen LogP contribution >= 0.6 is 11.6 Å². The van der Waals surface area contributed by atoms with Crippen LogP contribution in [-0.4, -0.2) is 51.9 Å². The van der Waals surface area contributed by atoms with Gasteiger partial charge in [0.1, 0.15) is 35.0 Å². The summed E-state index contributed by atoms with van der Waals surface area (Å²) < 4.78 is 33.2. The third-order valence-electron chi connectivity index (χ3n) is 6.82. The molecular formula is C28H28ClFN6O3. The first-order chi connectivity index (χ1) is 18.9. The molecule has 4 aromatic rings. The number of nitrogens with one attached hydrogen (secondary N) is 1. The second kappa shape index (κ2) is 10.4. The van der Waals surface area contributed by atoms with Crippen LogP contribution < -0.4 is 15.0 Å². The van der Waals surface area contributed by atoms with Crippen LogP contribution in [0.5, 0.6) is 5.75 Å². The first kappa shape index (κ1) is 25.5. The largest absolute Gasteiger partial charge is 0.494 e. The number of hydrogen-bond donors (Lipinski definition) is 1. The number of hydrogen-bond acceptors (Lipinski definition) is 8. The summed E-state index contributed by atoms with van der Waals surface area (Å²) in [5.74, 6) is 1.56. The lowest BCUT2D eigenvalue weighted by Gasteiger charge is -2.36. The van der Waals surface area contributed by atoms with Crippen LogP contribution in [0.2, 0.25) is 5.15 Å². The van der Waals surface area contributed by atoms with E-state index in [1.54, 1.807) is 36.3 Å². The third-order valence-corrected chi connectivity index (χ3v) is 7.01. The Labute approximate surface area is 230 Å². The van der Waals surface area contributed by atoms with Crippen molar-refractivity contribution in [3.63, 3.8) is 0 Å². The van der Waals surface area contributed by atoms with E-state index in [1.165, 1.54) is 12.1 Å². The summed E-state index contributed by atoms with van der Waals surface area (Å²) in [5, 5.41) is 3.74. The summed E-state index contributed by atoms with van der Waals surface area (Å²) >= 11 is 6.01. The summed E-state index contributed by atoms with van der Waals surface area (Å²) in [6, 6.07) is 12.0. The van der Waals surface area contributed by atoms with Gasteiger partial charge in [0.2, 0.25) is 5.95 Å². The average Bonchev–Trinajstić information content (AvgIpc) is 3.54. The molecular weight excluding hydrogens is 523 g/mol. The van der Waals surface area contributed by atoms with Gasteiger partial charge in [0.25, 0.3) is 0 Å². The Morgan fingerprint density at radius 3 is 2.54 bits per heavy atom. The third kappa shape index (κ3) is 5.15. The van der Waals surface area contributed by atoms with Gasteiger partial charge in [-0.05, 0) is 43.7 Å². The number of aromatic nitrogens is 4. The number of halogens is 2.